The lowest BCUT2D eigenvalue weighted by atomic mass is 10.2. The number of hydrogen-bond donors (Lipinski definition) is 1. The lowest BCUT2D eigenvalue weighted by Crippen LogP contribution is -2.26. The Kier molecular flexibility index (Phi) is 5.62. The van der Waals surface area contributed by atoms with Gasteiger partial charge in [0.25, 0.3) is 5.91 Å². The Labute approximate surface area is 120 Å². The van der Waals surface area contributed by atoms with Gasteiger partial charge in [0.05, 0.1) is 11.3 Å². The molecule has 1 aromatic carbocycles. The van der Waals surface area contributed by atoms with Crippen molar-refractivity contribution in [1.82, 2.24) is 5.32 Å². The third-order valence-corrected chi connectivity index (χ3v) is 4.11. The number of halogens is 2. The zero-order chi connectivity index (χ0) is 13.8. The summed E-state index contributed by atoms with van der Waals surface area (Å²) in [5.74, 6) is -0.220. The fraction of sp³-hybridized carbons (Fsp3) is 0.364. The SMILES string of the molecule is CS(=O)(=O)CCCNC(=O)c1cc(Cl)ccc1Br. The zero-order valence-electron chi connectivity index (χ0n) is 9.74. The van der Waals surface area contributed by atoms with E-state index in [1.807, 2.05) is 0 Å². The molecule has 1 amide bonds. The van der Waals surface area contributed by atoms with Crippen LogP contribution in [0.4, 0.5) is 0 Å². The van der Waals surface area contributed by atoms with Crippen LogP contribution in [0.3, 0.4) is 0 Å². The number of amides is 1. The van der Waals surface area contributed by atoms with Crippen molar-refractivity contribution in [3.8, 4) is 0 Å². The molecule has 0 saturated carbocycles. The first-order valence-corrected chi connectivity index (χ1v) is 8.44. The fourth-order valence-corrected chi connectivity index (χ4v) is 2.57. The van der Waals surface area contributed by atoms with Crippen LogP contribution in [0.1, 0.15) is 16.8 Å². The van der Waals surface area contributed by atoms with E-state index < -0.39 is 9.84 Å². The molecule has 18 heavy (non-hydrogen) atoms. The maximum Gasteiger partial charge on any atom is 0.252 e. The van der Waals surface area contributed by atoms with Gasteiger partial charge in [0.1, 0.15) is 9.84 Å². The molecule has 1 N–H and O–H groups in total. The molecule has 0 aromatic heterocycles. The average Bonchev–Trinajstić information content (AvgIpc) is 2.26. The van der Waals surface area contributed by atoms with E-state index in [4.69, 9.17) is 11.6 Å². The lowest BCUT2D eigenvalue weighted by Gasteiger charge is -2.07. The molecule has 7 heteroatoms. The summed E-state index contributed by atoms with van der Waals surface area (Å²) < 4.78 is 22.5. The van der Waals surface area contributed by atoms with Gasteiger partial charge in [0.2, 0.25) is 0 Å². The van der Waals surface area contributed by atoms with Crippen LogP contribution in [0, 0.1) is 0 Å². The van der Waals surface area contributed by atoms with Gasteiger partial charge in [0, 0.05) is 22.3 Å². The van der Waals surface area contributed by atoms with Crippen LogP contribution in [0.5, 0.6) is 0 Å². The Hall–Kier alpha value is -0.590. The summed E-state index contributed by atoms with van der Waals surface area (Å²) in [5, 5.41) is 3.12. The zero-order valence-corrected chi connectivity index (χ0v) is 12.9. The first-order valence-electron chi connectivity index (χ1n) is 5.20. The van der Waals surface area contributed by atoms with Crippen molar-refractivity contribution >= 4 is 43.3 Å². The largest absolute Gasteiger partial charge is 0.352 e. The van der Waals surface area contributed by atoms with E-state index in [0.29, 0.717) is 28.0 Å². The molecule has 0 aliphatic carbocycles. The molecule has 0 atom stereocenters. The molecule has 0 spiro atoms. The Morgan fingerprint density at radius 1 is 1.44 bits per heavy atom. The number of benzene rings is 1. The van der Waals surface area contributed by atoms with Crippen LogP contribution >= 0.6 is 27.5 Å². The summed E-state index contributed by atoms with van der Waals surface area (Å²) in [6, 6.07) is 4.91. The van der Waals surface area contributed by atoms with E-state index in [1.54, 1.807) is 18.2 Å². The van der Waals surface area contributed by atoms with E-state index in [1.165, 1.54) is 6.26 Å². The van der Waals surface area contributed by atoms with Gasteiger partial charge in [-0.25, -0.2) is 8.42 Å². The molecule has 0 fully saturated rings. The second kappa shape index (κ2) is 6.54. The quantitative estimate of drug-likeness (QED) is 0.825. The van der Waals surface area contributed by atoms with Gasteiger partial charge >= 0.3 is 0 Å². The number of sulfone groups is 1. The van der Waals surface area contributed by atoms with Crippen LogP contribution in [0.15, 0.2) is 22.7 Å². The summed E-state index contributed by atoms with van der Waals surface area (Å²) in [5.41, 5.74) is 0.432. The molecule has 0 unspecified atom stereocenters. The van der Waals surface area contributed by atoms with Crippen LogP contribution in [-0.2, 0) is 9.84 Å². The van der Waals surface area contributed by atoms with Crippen LogP contribution in [0.2, 0.25) is 5.02 Å². The number of nitrogens with one attached hydrogen (secondary N) is 1. The first kappa shape index (κ1) is 15.5. The molecular weight excluding hydrogens is 342 g/mol. The van der Waals surface area contributed by atoms with Gasteiger partial charge in [-0.05, 0) is 40.5 Å². The molecule has 100 valence electrons. The summed E-state index contributed by atoms with van der Waals surface area (Å²) >= 11 is 9.06. The van der Waals surface area contributed by atoms with Gasteiger partial charge in [-0.1, -0.05) is 11.6 Å². The summed E-state index contributed by atoms with van der Waals surface area (Å²) in [4.78, 5) is 11.8. The van der Waals surface area contributed by atoms with Gasteiger partial charge in [0.15, 0.2) is 0 Å². The minimum absolute atomic E-state index is 0.0595. The Balaban J connectivity index is 2.53. The maximum atomic E-state index is 11.8. The third kappa shape index (κ3) is 5.37. The highest BCUT2D eigenvalue weighted by atomic mass is 79.9. The monoisotopic (exact) mass is 353 g/mol. The van der Waals surface area contributed by atoms with Crippen LogP contribution in [0.25, 0.3) is 0 Å². The Morgan fingerprint density at radius 3 is 2.72 bits per heavy atom. The van der Waals surface area contributed by atoms with Crippen molar-refractivity contribution in [2.75, 3.05) is 18.6 Å². The van der Waals surface area contributed by atoms with Gasteiger partial charge in [-0.15, -0.1) is 0 Å². The van der Waals surface area contributed by atoms with Crippen molar-refractivity contribution in [2.45, 2.75) is 6.42 Å². The van der Waals surface area contributed by atoms with Gasteiger partial charge < -0.3 is 5.32 Å². The van der Waals surface area contributed by atoms with E-state index in [-0.39, 0.29) is 11.7 Å². The normalized spacial score (nSPS) is 11.3. The topological polar surface area (TPSA) is 63.2 Å². The summed E-state index contributed by atoms with van der Waals surface area (Å²) in [6.45, 7) is 0.310. The molecule has 0 radical (unpaired) electrons. The minimum atomic E-state index is -2.98. The first-order chi connectivity index (χ1) is 8.29. The molecular formula is C11H13BrClNO3S. The number of carbonyl (C=O) groups excluding carboxylic acids is 1. The van der Waals surface area contributed by atoms with Crippen molar-refractivity contribution in [3.63, 3.8) is 0 Å². The maximum absolute atomic E-state index is 11.8. The molecule has 0 heterocycles. The van der Waals surface area contributed by atoms with Crippen molar-refractivity contribution < 1.29 is 13.2 Å². The van der Waals surface area contributed by atoms with Crippen molar-refractivity contribution in [2.24, 2.45) is 0 Å². The Morgan fingerprint density at radius 2 is 2.11 bits per heavy atom. The third-order valence-electron chi connectivity index (χ3n) is 2.15. The molecule has 0 aliphatic rings. The highest BCUT2D eigenvalue weighted by Crippen LogP contribution is 2.20. The van der Waals surface area contributed by atoms with Crippen molar-refractivity contribution in [3.05, 3.63) is 33.3 Å². The van der Waals surface area contributed by atoms with Crippen LogP contribution < -0.4 is 5.32 Å². The van der Waals surface area contributed by atoms with E-state index in [0.717, 1.165) is 0 Å². The van der Waals surface area contributed by atoms with E-state index >= 15 is 0 Å². The highest BCUT2D eigenvalue weighted by Gasteiger charge is 2.10. The number of carbonyl (C=O) groups is 1. The lowest BCUT2D eigenvalue weighted by molar-refractivity contribution is 0.0953. The van der Waals surface area contributed by atoms with E-state index in [9.17, 15) is 13.2 Å². The molecule has 0 saturated heterocycles. The highest BCUT2D eigenvalue weighted by molar-refractivity contribution is 9.10. The number of rotatable bonds is 5. The standard InChI is InChI=1S/C11H13BrClNO3S/c1-18(16,17)6-2-5-14-11(15)9-7-8(13)3-4-10(9)12/h3-4,7H,2,5-6H2,1H3,(H,14,15). The smallest absolute Gasteiger partial charge is 0.252 e. The van der Waals surface area contributed by atoms with Crippen molar-refractivity contribution in [1.29, 1.82) is 0 Å². The molecule has 0 aliphatic heterocycles. The van der Waals surface area contributed by atoms with Gasteiger partial charge in [-0.3, -0.25) is 4.79 Å². The molecule has 1 rings (SSSR count). The second-order valence-corrected chi connectivity index (χ2v) is 7.41. The predicted octanol–water partition coefficient (Wildman–Crippen LogP) is 2.27. The predicted molar refractivity (Wildman–Crippen MR) is 75.8 cm³/mol. The number of hydrogen-bond acceptors (Lipinski definition) is 3. The molecule has 4 nitrogen and oxygen atoms in total. The summed E-state index contributed by atoms with van der Waals surface area (Å²) in [6.07, 6.45) is 1.56. The van der Waals surface area contributed by atoms with E-state index in [2.05, 4.69) is 21.2 Å². The molecule has 1 aromatic rings. The summed E-state index contributed by atoms with van der Waals surface area (Å²) in [7, 11) is -2.98. The molecule has 0 bridgehead atoms. The van der Waals surface area contributed by atoms with Gasteiger partial charge in [-0.2, -0.15) is 0 Å². The minimum Gasteiger partial charge on any atom is -0.352 e. The average molecular weight is 355 g/mol. The van der Waals surface area contributed by atoms with Crippen LogP contribution in [-0.4, -0.2) is 32.9 Å². The fourth-order valence-electron chi connectivity index (χ4n) is 1.30. The second-order valence-electron chi connectivity index (χ2n) is 3.86. The Bertz CT molecular complexity index is 545.